The summed E-state index contributed by atoms with van der Waals surface area (Å²) >= 11 is 12.8. The average Bonchev–Trinajstić information content (AvgIpc) is 3.07. The first-order valence-electron chi connectivity index (χ1n) is 8.45. The molecule has 0 fully saturated rings. The van der Waals surface area contributed by atoms with E-state index in [0.717, 1.165) is 19.6 Å². The third-order valence-electron chi connectivity index (χ3n) is 4.10. The van der Waals surface area contributed by atoms with Gasteiger partial charge < -0.3 is 19.0 Å². The molecule has 6 nitrogen and oxygen atoms in total. The fraction of sp³-hybridized carbons (Fsp3) is 0.444. The van der Waals surface area contributed by atoms with Gasteiger partial charge in [0, 0.05) is 31.5 Å². The van der Waals surface area contributed by atoms with Crippen molar-refractivity contribution in [1.29, 1.82) is 0 Å². The molecule has 0 N–H and O–H groups in total. The van der Waals surface area contributed by atoms with Crippen LogP contribution in [-0.4, -0.2) is 53.5 Å². The number of methoxy groups -OCH3 is 1. The van der Waals surface area contributed by atoms with Crippen LogP contribution in [0.25, 0.3) is 0 Å². The van der Waals surface area contributed by atoms with E-state index in [1.807, 2.05) is 17.8 Å². The Kier molecular flexibility index (Phi) is 7.75. The maximum atomic E-state index is 6.46. The van der Waals surface area contributed by atoms with Crippen molar-refractivity contribution in [1.82, 2.24) is 14.5 Å². The number of imidazole rings is 1. The monoisotopic (exact) mass is 398 g/mol. The molecule has 0 saturated heterocycles. The number of aromatic nitrogens is 2. The predicted octanol–water partition coefficient (Wildman–Crippen LogP) is 3.85. The van der Waals surface area contributed by atoms with Crippen molar-refractivity contribution < 1.29 is 9.57 Å². The van der Waals surface area contributed by atoms with Crippen LogP contribution in [0.3, 0.4) is 0 Å². The van der Waals surface area contributed by atoms with Gasteiger partial charge in [-0.3, -0.25) is 0 Å². The minimum atomic E-state index is 0.330. The second-order valence-electron chi connectivity index (χ2n) is 5.61. The summed E-state index contributed by atoms with van der Waals surface area (Å²) in [5.74, 6) is 1.14. The molecule has 2 aromatic rings. The summed E-state index contributed by atoms with van der Waals surface area (Å²) in [5.41, 5.74) is 1.15. The van der Waals surface area contributed by atoms with Gasteiger partial charge in [-0.15, -0.1) is 0 Å². The molecule has 0 aliphatic rings. The quantitative estimate of drug-likeness (QED) is 0.365. The Morgan fingerprint density at radius 1 is 1.23 bits per heavy atom. The Morgan fingerprint density at radius 2 is 1.96 bits per heavy atom. The van der Waals surface area contributed by atoms with Gasteiger partial charge in [-0.1, -0.05) is 42.2 Å². The van der Waals surface area contributed by atoms with Crippen LogP contribution < -0.4 is 4.74 Å². The Morgan fingerprint density at radius 3 is 2.54 bits per heavy atom. The summed E-state index contributed by atoms with van der Waals surface area (Å²) in [6, 6.07) is 3.55. The first kappa shape index (κ1) is 20.6. The molecule has 1 heterocycles. The number of hydrogen-bond acceptors (Lipinski definition) is 5. The molecule has 0 unspecified atom stereocenters. The largest absolute Gasteiger partial charge is 0.495 e. The van der Waals surface area contributed by atoms with Gasteiger partial charge in [0.15, 0.2) is 11.5 Å². The summed E-state index contributed by atoms with van der Waals surface area (Å²) in [6.07, 6.45) is 3.53. The average molecular weight is 399 g/mol. The van der Waals surface area contributed by atoms with Crippen LogP contribution in [-0.2, 0) is 11.9 Å². The van der Waals surface area contributed by atoms with E-state index in [-0.39, 0.29) is 0 Å². The molecule has 8 heteroatoms. The number of aryl methyl sites for hydroxylation is 1. The van der Waals surface area contributed by atoms with Crippen LogP contribution in [0.15, 0.2) is 29.7 Å². The lowest BCUT2D eigenvalue weighted by molar-refractivity contribution is 0.114. The third-order valence-corrected chi connectivity index (χ3v) is 4.97. The number of rotatable bonds is 9. The Labute approximate surface area is 164 Å². The highest BCUT2D eigenvalue weighted by Crippen LogP contribution is 2.35. The SMILES string of the molecule is CCN(CC)CCO/N=C(/c1ccc(OC)c(Cl)c1Cl)c1nccn1C. The summed E-state index contributed by atoms with van der Waals surface area (Å²) in [7, 11) is 3.42. The molecule has 1 aromatic carbocycles. The molecule has 0 aliphatic carbocycles. The van der Waals surface area contributed by atoms with Crippen molar-refractivity contribution in [3.63, 3.8) is 0 Å². The summed E-state index contributed by atoms with van der Waals surface area (Å²) in [6.45, 7) is 7.43. The minimum Gasteiger partial charge on any atom is -0.495 e. The first-order valence-corrected chi connectivity index (χ1v) is 9.21. The van der Waals surface area contributed by atoms with Gasteiger partial charge in [-0.25, -0.2) is 4.98 Å². The zero-order valence-corrected chi connectivity index (χ0v) is 17.0. The molecule has 0 amide bonds. The second kappa shape index (κ2) is 9.80. The molecule has 0 atom stereocenters. The van der Waals surface area contributed by atoms with Gasteiger partial charge in [0.1, 0.15) is 17.4 Å². The highest BCUT2D eigenvalue weighted by molar-refractivity contribution is 6.45. The van der Waals surface area contributed by atoms with Gasteiger partial charge in [-0.05, 0) is 25.2 Å². The molecular formula is C18H24Cl2N4O2. The lowest BCUT2D eigenvalue weighted by atomic mass is 10.1. The Bertz CT molecular complexity index is 758. The lowest BCUT2D eigenvalue weighted by Gasteiger charge is -2.17. The van der Waals surface area contributed by atoms with E-state index < -0.39 is 0 Å². The highest BCUT2D eigenvalue weighted by Gasteiger charge is 2.20. The van der Waals surface area contributed by atoms with Gasteiger partial charge in [0.2, 0.25) is 0 Å². The Balaban J connectivity index is 2.33. The number of likely N-dealkylation sites (N-methyl/N-ethyl adjacent to an activating group) is 1. The topological polar surface area (TPSA) is 51.9 Å². The van der Waals surface area contributed by atoms with Crippen LogP contribution >= 0.6 is 23.2 Å². The van der Waals surface area contributed by atoms with E-state index >= 15 is 0 Å². The standard InChI is InChI=1S/C18H24Cl2N4O2/c1-5-24(6-2)11-12-26-22-17(18-21-9-10-23(18)3)13-7-8-14(25-4)16(20)15(13)19/h7-10H,5-6,11-12H2,1-4H3/b22-17-. The molecule has 0 saturated carbocycles. The fourth-order valence-corrected chi connectivity index (χ4v) is 2.98. The van der Waals surface area contributed by atoms with Crippen molar-refractivity contribution in [3.8, 4) is 5.75 Å². The lowest BCUT2D eigenvalue weighted by Crippen LogP contribution is -2.26. The normalized spacial score (nSPS) is 11.9. The molecule has 2 rings (SSSR count). The number of oxime groups is 1. The van der Waals surface area contributed by atoms with E-state index in [4.69, 9.17) is 32.8 Å². The number of halogens is 2. The third kappa shape index (κ3) is 4.69. The van der Waals surface area contributed by atoms with E-state index in [0.29, 0.717) is 39.5 Å². The van der Waals surface area contributed by atoms with E-state index in [1.165, 1.54) is 0 Å². The van der Waals surface area contributed by atoms with Crippen molar-refractivity contribution in [2.45, 2.75) is 13.8 Å². The molecule has 26 heavy (non-hydrogen) atoms. The molecule has 0 spiro atoms. The molecular weight excluding hydrogens is 375 g/mol. The summed E-state index contributed by atoms with van der Waals surface area (Å²) in [4.78, 5) is 12.2. The fourth-order valence-electron chi connectivity index (χ4n) is 2.50. The van der Waals surface area contributed by atoms with Crippen LogP contribution in [0.5, 0.6) is 5.75 Å². The predicted molar refractivity (Wildman–Crippen MR) is 106 cm³/mol. The molecule has 0 bridgehead atoms. The zero-order chi connectivity index (χ0) is 19.1. The molecule has 0 aliphatic heterocycles. The molecule has 142 valence electrons. The number of nitrogens with zero attached hydrogens (tertiary/aromatic N) is 4. The smallest absolute Gasteiger partial charge is 0.162 e. The van der Waals surface area contributed by atoms with Gasteiger partial charge >= 0.3 is 0 Å². The van der Waals surface area contributed by atoms with Gasteiger partial charge in [-0.2, -0.15) is 0 Å². The number of ether oxygens (including phenoxy) is 1. The maximum Gasteiger partial charge on any atom is 0.162 e. The van der Waals surface area contributed by atoms with E-state index in [1.54, 1.807) is 25.4 Å². The summed E-state index contributed by atoms with van der Waals surface area (Å²) in [5, 5.41) is 5.00. The number of hydrogen-bond donors (Lipinski definition) is 0. The van der Waals surface area contributed by atoms with Crippen LogP contribution in [0.1, 0.15) is 25.2 Å². The van der Waals surface area contributed by atoms with Crippen molar-refractivity contribution >= 4 is 28.9 Å². The highest BCUT2D eigenvalue weighted by atomic mass is 35.5. The first-order chi connectivity index (χ1) is 12.5. The molecule has 1 aromatic heterocycles. The van der Waals surface area contributed by atoms with Gasteiger partial charge in [0.25, 0.3) is 0 Å². The van der Waals surface area contributed by atoms with Gasteiger partial charge in [0.05, 0.1) is 12.1 Å². The molecule has 0 radical (unpaired) electrons. The minimum absolute atomic E-state index is 0.330. The summed E-state index contributed by atoms with van der Waals surface area (Å²) < 4.78 is 7.06. The van der Waals surface area contributed by atoms with Crippen LogP contribution in [0.2, 0.25) is 10.0 Å². The number of benzene rings is 1. The van der Waals surface area contributed by atoms with Crippen molar-refractivity contribution in [2.75, 3.05) is 33.4 Å². The van der Waals surface area contributed by atoms with Crippen LogP contribution in [0.4, 0.5) is 0 Å². The van der Waals surface area contributed by atoms with Crippen molar-refractivity contribution in [2.24, 2.45) is 12.2 Å². The second-order valence-corrected chi connectivity index (χ2v) is 6.36. The zero-order valence-electron chi connectivity index (χ0n) is 15.5. The van der Waals surface area contributed by atoms with Crippen LogP contribution in [0, 0.1) is 0 Å². The van der Waals surface area contributed by atoms with Crippen molar-refractivity contribution in [3.05, 3.63) is 46.0 Å². The van der Waals surface area contributed by atoms with E-state index in [9.17, 15) is 0 Å². The van der Waals surface area contributed by atoms with E-state index in [2.05, 4.69) is 28.9 Å². The Hall–Kier alpha value is -1.76. The maximum absolute atomic E-state index is 6.46.